The van der Waals surface area contributed by atoms with Gasteiger partial charge in [0.2, 0.25) is 11.8 Å². The summed E-state index contributed by atoms with van der Waals surface area (Å²) in [6, 6.07) is -0.612. The Balaban J connectivity index is 2.40. The maximum atomic E-state index is 12.7. The van der Waals surface area contributed by atoms with E-state index in [0.717, 1.165) is 5.69 Å². The minimum absolute atomic E-state index is 0.100. The lowest BCUT2D eigenvalue weighted by Gasteiger charge is -2.33. The predicted molar refractivity (Wildman–Crippen MR) is 70.9 cm³/mol. The molecule has 7 nitrogen and oxygen atoms in total. The lowest BCUT2D eigenvalue weighted by atomic mass is 10.1. The van der Waals surface area contributed by atoms with Crippen LogP contribution in [0.2, 0.25) is 0 Å². The SMILES string of the molecule is CCC1C(=O)NC(=O)CN1C(=O)c1c(C)nn(C)c1C. The highest BCUT2D eigenvalue weighted by Gasteiger charge is 2.37. The molecule has 1 aromatic rings. The number of piperazine rings is 1. The first-order valence-corrected chi connectivity index (χ1v) is 6.51. The molecular formula is C13H18N4O3. The van der Waals surface area contributed by atoms with Crippen LogP contribution in [0.5, 0.6) is 0 Å². The second kappa shape index (κ2) is 5.07. The van der Waals surface area contributed by atoms with Crippen molar-refractivity contribution in [3.8, 4) is 0 Å². The van der Waals surface area contributed by atoms with Gasteiger partial charge in [0.15, 0.2) is 0 Å². The number of hydrogen-bond acceptors (Lipinski definition) is 4. The third kappa shape index (κ3) is 2.19. The van der Waals surface area contributed by atoms with Crippen molar-refractivity contribution in [3.63, 3.8) is 0 Å². The topological polar surface area (TPSA) is 84.3 Å². The van der Waals surface area contributed by atoms with Gasteiger partial charge in [-0.3, -0.25) is 24.4 Å². The van der Waals surface area contributed by atoms with E-state index in [2.05, 4.69) is 10.4 Å². The summed E-state index contributed by atoms with van der Waals surface area (Å²) >= 11 is 0. The summed E-state index contributed by atoms with van der Waals surface area (Å²) in [6.45, 7) is 5.24. The molecule has 3 amide bonds. The van der Waals surface area contributed by atoms with Crippen molar-refractivity contribution >= 4 is 17.7 Å². The number of nitrogens with zero attached hydrogens (tertiary/aromatic N) is 3. The van der Waals surface area contributed by atoms with Gasteiger partial charge >= 0.3 is 0 Å². The van der Waals surface area contributed by atoms with Crippen molar-refractivity contribution in [2.45, 2.75) is 33.2 Å². The molecule has 0 saturated carbocycles. The average Bonchev–Trinajstić information content (AvgIpc) is 2.61. The molecule has 1 fully saturated rings. The van der Waals surface area contributed by atoms with E-state index in [9.17, 15) is 14.4 Å². The number of aryl methyl sites for hydroxylation is 2. The van der Waals surface area contributed by atoms with Crippen LogP contribution in [0.1, 0.15) is 35.1 Å². The average molecular weight is 278 g/mol. The van der Waals surface area contributed by atoms with E-state index < -0.39 is 17.9 Å². The first-order chi connectivity index (χ1) is 9.36. The Bertz CT molecular complexity index is 591. The minimum Gasteiger partial charge on any atom is -0.317 e. The van der Waals surface area contributed by atoms with Crippen LogP contribution >= 0.6 is 0 Å². The molecule has 2 heterocycles. The lowest BCUT2D eigenvalue weighted by Crippen LogP contribution is -2.59. The predicted octanol–water partition coefficient (Wildman–Crippen LogP) is -0.0859. The van der Waals surface area contributed by atoms with E-state index in [-0.39, 0.29) is 12.5 Å². The van der Waals surface area contributed by atoms with Crippen LogP contribution in [-0.4, -0.2) is 45.0 Å². The number of rotatable bonds is 2. The molecule has 0 aliphatic carbocycles. The van der Waals surface area contributed by atoms with Crippen LogP contribution in [0.15, 0.2) is 0 Å². The Morgan fingerprint density at radius 1 is 1.40 bits per heavy atom. The van der Waals surface area contributed by atoms with Crippen molar-refractivity contribution in [3.05, 3.63) is 17.0 Å². The molecule has 0 aromatic carbocycles. The van der Waals surface area contributed by atoms with Gasteiger partial charge in [0, 0.05) is 12.7 Å². The summed E-state index contributed by atoms with van der Waals surface area (Å²) in [6.07, 6.45) is 0.462. The Labute approximate surface area is 116 Å². The molecule has 0 radical (unpaired) electrons. The van der Waals surface area contributed by atoms with E-state index in [1.807, 2.05) is 6.92 Å². The highest BCUT2D eigenvalue weighted by atomic mass is 16.2. The highest BCUT2D eigenvalue weighted by Crippen LogP contribution is 2.19. The zero-order valence-electron chi connectivity index (χ0n) is 12.1. The van der Waals surface area contributed by atoms with Gasteiger partial charge in [-0.05, 0) is 20.3 Å². The standard InChI is InChI=1S/C13H18N4O3/c1-5-9-12(19)14-10(18)6-17(9)13(20)11-7(2)15-16(4)8(11)3/h9H,5-6H2,1-4H3,(H,14,18,19). The van der Waals surface area contributed by atoms with E-state index in [1.165, 1.54) is 4.90 Å². The van der Waals surface area contributed by atoms with Crippen molar-refractivity contribution in [2.24, 2.45) is 7.05 Å². The van der Waals surface area contributed by atoms with Crippen molar-refractivity contribution in [1.82, 2.24) is 20.0 Å². The van der Waals surface area contributed by atoms with Crippen molar-refractivity contribution in [1.29, 1.82) is 0 Å². The number of aromatic nitrogens is 2. The summed E-state index contributed by atoms with van der Waals surface area (Å²) in [4.78, 5) is 37.3. The fraction of sp³-hybridized carbons (Fsp3) is 0.538. The van der Waals surface area contributed by atoms with E-state index in [1.54, 1.807) is 25.6 Å². The largest absolute Gasteiger partial charge is 0.317 e. The van der Waals surface area contributed by atoms with Crippen LogP contribution in [0, 0.1) is 13.8 Å². The molecule has 1 saturated heterocycles. The molecule has 2 rings (SSSR count). The first kappa shape index (κ1) is 14.2. The van der Waals surface area contributed by atoms with Crippen LogP contribution in [0.4, 0.5) is 0 Å². The molecule has 1 aromatic heterocycles. The number of carbonyl (C=O) groups excluding carboxylic acids is 3. The third-order valence-corrected chi connectivity index (χ3v) is 3.63. The number of carbonyl (C=O) groups is 3. The number of nitrogens with one attached hydrogen (secondary N) is 1. The second-order valence-electron chi connectivity index (χ2n) is 4.94. The fourth-order valence-electron chi connectivity index (χ4n) is 2.51. The van der Waals surface area contributed by atoms with Crippen LogP contribution in [0.3, 0.4) is 0 Å². The second-order valence-corrected chi connectivity index (χ2v) is 4.94. The van der Waals surface area contributed by atoms with Crippen LogP contribution < -0.4 is 5.32 Å². The van der Waals surface area contributed by atoms with Crippen molar-refractivity contribution < 1.29 is 14.4 Å². The van der Waals surface area contributed by atoms with Gasteiger partial charge < -0.3 is 4.90 Å². The molecule has 7 heteroatoms. The zero-order valence-corrected chi connectivity index (χ0v) is 12.1. The van der Waals surface area contributed by atoms with Gasteiger partial charge in [0.1, 0.15) is 12.6 Å². The number of hydrogen-bond donors (Lipinski definition) is 1. The maximum Gasteiger partial charge on any atom is 0.258 e. The zero-order chi connectivity index (χ0) is 15.0. The summed E-state index contributed by atoms with van der Waals surface area (Å²) in [7, 11) is 1.75. The minimum atomic E-state index is -0.612. The molecular weight excluding hydrogens is 260 g/mol. The Morgan fingerprint density at radius 2 is 2.05 bits per heavy atom. The summed E-state index contributed by atoms with van der Waals surface area (Å²) in [5, 5.41) is 6.46. The smallest absolute Gasteiger partial charge is 0.258 e. The fourth-order valence-corrected chi connectivity index (χ4v) is 2.51. The van der Waals surface area contributed by atoms with Gasteiger partial charge in [-0.25, -0.2) is 0 Å². The third-order valence-electron chi connectivity index (χ3n) is 3.63. The highest BCUT2D eigenvalue weighted by molar-refractivity contribution is 6.07. The molecule has 108 valence electrons. The number of amides is 3. The van der Waals surface area contributed by atoms with Gasteiger partial charge in [0.05, 0.1) is 11.3 Å². The van der Waals surface area contributed by atoms with E-state index in [4.69, 9.17) is 0 Å². The molecule has 0 spiro atoms. The lowest BCUT2D eigenvalue weighted by molar-refractivity contribution is -0.138. The van der Waals surface area contributed by atoms with Gasteiger partial charge in [-0.2, -0.15) is 5.10 Å². The molecule has 20 heavy (non-hydrogen) atoms. The molecule has 0 bridgehead atoms. The van der Waals surface area contributed by atoms with Crippen molar-refractivity contribution in [2.75, 3.05) is 6.54 Å². The summed E-state index contributed by atoms with van der Waals surface area (Å²) in [5.74, 6) is -1.19. The van der Waals surface area contributed by atoms with E-state index in [0.29, 0.717) is 17.7 Å². The van der Waals surface area contributed by atoms with Gasteiger partial charge in [0.25, 0.3) is 5.91 Å². The Kier molecular flexibility index (Phi) is 3.61. The Hall–Kier alpha value is -2.18. The number of imide groups is 1. The monoisotopic (exact) mass is 278 g/mol. The first-order valence-electron chi connectivity index (χ1n) is 6.51. The summed E-state index contributed by atoms with van der Waals surface area (Å²) < 4.78 is 1.62. The summed E-state index contributed by atoms with van der Waals surface area (Å²) in [5.41, 5.74) is 1.79. The van der Waals surface area contributed by atoms with Crippen LogP contribution in [-0.2, 0) is 16.6 Å². The maximum absolute atomic E-state index is 12.7. The van der Waals surface area contributed by atoms with Gasteiger partial charge in [-0.15, -0.1) is 0 Å². The molecule has 1 aliphatic rings. The molecule has 1 aliphatic heterocycles. The molecule has 1 N–H and O–H groups in total. The Morgan fingerprint density at radius 3 is 2.55 bits per heavy atom. The molecule has 1 atom stereocenters. The molecule has 1 unspecified atom stereocenters. The quantitative estimate of drug-likeness (QED) is 0.766. The normalized spacial score (nSPS) is 19.2. The van der Waals surface area contributed by atoms with Gasteiger partial charge in [-0.1, -0.05) is 6.92 Å². The van der Waals surface area contributed by atoms with Crippen LogP contribution in [0.25, 0.3) is 0 Å². The van der Waals surface area contributed by atoms with E-state index >= 15 is 0 Å².